The predicted octanol–water partition coefficient (Wildman–Crippen LogP) is 5.65. The molecule has 2 rings (SSSR count). The fraction of sp³-hybridized carbons (Fsp3) is 0.409. The molecular formula is C22H29NO2. The summed E-state index contributed by atoms with van der Waals surface area (Å²) in [6, 6.07) is 14.2. The number of benzene rings is 2. The van der Waals surface area contributed by atoms with E-state index in [1.807, 2.05) is 25.1 Å². The van der Waals surface area contributed by atoms with E-state index < -0.39 is 0 Å². The molecule has 3 heteroatoms. The van der Waals surface area contributed by atoms with E-state index in [0.717, 1.165) is 29.0 Å². The van der Waals surface area contributed by atoms with E-state index in [4.69, 9.17) is 4.74 Å². The van der Waals surface area contributed by atoms with E-state index in [1.165, 1.54) is 5.56 Å². The van der Waals surface area contributed by atoms with Crippen LogP contribution in [0.2, 0.25) is 0 Å². The second-order valence-corrected chi connectivity index (χ2v) is 6.96. The van der Waals surface area contributed by atoms with Gasteiger partial charge in [-0.15, -0.1) is 0 Å². The van der Waals surface area contributed by atoms with Crippen molar-refractivity contribution in [3.63, 3.8) is 0 Å². The molecule has 134 valence electrons. The molecule has 1 atom stereocenters. The minimum absolute atomic E-state index is 0.0102. The van der Waals surface area contributed by atoms with Crippen molar-refractivity contribution in [1.82, 2.24) is 0 Å². The Morgan fingerprint density at radius 2 is 1.76 bits per heavy atom. The van der Waals surface area contributed by atoms with Crippen molar-refractivity contribution in [1.29, 1.82) is 0 Å². The third-order valence-corrected chi connectivity index (χ3v) is 4.53. The van der Waals surface area contributed by atoms with Gasteiger partial charge in [0.2, 0.25) is 0 Å². The van der Waals surface area contributed by atoms with Crippen LogP contribution in [0.4, 0.5) is 5.69 Å². The average Bonchev–Trinajstić information content (AvgIpc) is 2.59. The number of aryl methyl sites for hydroxylation is 1. The summed E-state index contributed by atoms with van der Waals surface area (Å²) in [5.41, 5.74) is 4.34. The zero-order valence-corrected chi connectivity index (χ0v) is 15.9. The van der Waals surface area contributed by atoms with Crippen LogP contribution in [0.15, 0.2) is 42.5 Å². The maximum atomic E-state index is 12.2. The van der Waals surface area contributed by atoms with Gasteiger partial charge in [0.25, 0.3) is 5.91 Å². The van der Waals surface area contributed by atoms with Gasteiger partial charge in [0.1, 0.15) is 5.75 Å². The van der Waals surface area contributed by atoms with Crippen molar-refractivity contribution in [2.24, 2.45) is 0 Å². The molecule has 0 saturated heterocycles. The normalized spacial score (nSPS) is 12.1. The zero-order valence-electron chi connectivity index (χ0n) is 15.9. The van der Waals surface area contributed by atoms with Crippen molar-refractivity contribution in [2.45, 2.75) is 52.9 Å². The van der Waals surface area contributed by atoms with Gasteiger partial charge < -0.3 is 10.1 Å². The summed E-state index contributed by atoms with van der Waals surface area (Å²) in [5, 5.41) is 2.90. The fourth-order valence-electron chi connectivity index (χ4n) is 2.71. The summed E-state index contributed by atoms with van der Waals surface area (Å²) < 4.78 is 5.78. The summed E-state index contributed by atoms with van der Waals surface area (Å²) >= 11 is 0. The lowest BCUT2D eigenvalue weighted by atomic mass is 9.99. The number of hydrogen-bond acceptors (Lipinski definition) is 2. The smallest absolute Gasteiger partial charge is 0.262 e. The number of ether oxygens (including phenoxy) is 1. The van der Waals surface area contributed by atoms with Gasteiger partial charge in [-0.3, -0.25) is 4.79 Å². The Kier molecular flexibility index (Phi) is 6.63. The van der Waals surface area contributed by atoms with Crippen molar-refractivity contribution >= 4 is 11.6 Å². The van der Waals surface area contributed by atoms with Crippen LogP contribution in [-0.2, 0) is 4.79 Å². The molecule has 2 aromatic carbocycles. The first-order valence-electron chi connectivity index (χ1n) is 9.03. The number of nitrogens with one attached hydrogen (secondary N) is 1. The minimum atomic E-state index is -0.146. The third-order valence-electron chi connectivity index (χ3n) is 4.53. The molecule has 25 heavy (non-hydrogen) atoms. The third kappa shape index (κ3) is 5.35. The van der Waals surface area contributed by atoms with Crippen LogP contribution in [0.5, 0.6) is 5.75 Å². The first-order chi connectivity index (χ1) is 11.9. The number of hydrogen-bond donors (Lipinski definition) is 1. The molecule has 2 aromatic rings. The maximum Gasteiger partial charge on any atom is 0.262 e. The molecule has 0 saturated carbocycles. The van der Waals surface area contributed by atoms with E-state index in [-0.39, 0.29) is 12.5 Å². The number of carbonyl (C=O) groups excluding carboxylic acids is 1. The maximum absolute atomic E-state index is 12.2. The van der Waals surface area contributed by atoms with Crippen LogP contribution in [0.25, 0.3) is 0 Å². The summed E-state index contributed by atoms with van der Waals surface area (Å²) in [6.45, 7) is 10.7. The highest BCUT2D eigenvalue weighted by molar-refractivity contribution is 5.91. The number of anilines is 1. The highest BCUT2D eigenvalue weighted by Gasteiger charge is 2.11. The SMILES string of the molecule is CC[C@@H](C)c1ccc(NC(=O)COc2cc(C)ccc2C(C)C)cc1. The second-order valence-electron chi connectivity index (χ2n) is 6.96. The molecule has 3 nitrogen and oxygen atoms in total. The highest BCUT2D eigenvalue weighted by atomic mass is 16.5. The molecule has 0 aliphatic rings. The van der Waals surface area contributed by atoms with E-state index in [0.29, 0.717) is 11.8 Å². The summed E-state index contributed by atoms with van der Waals surface area (Å²) in [4.78, 5) is 12.2. The van der Waals surface area contributed by atoms with Gasteiger partial charge in [0.05, 0.1) is 0 Å². The molecule has 1 amide bonds. The highest BCUT2D eigenvalue weighted by Crippen LogP contribution is 2.27. The lowest BCUT2D eigenvalue weighted by molar-refractivity contribution is -0.118. The Balaban J connectivity index is 1.96. The average molecular weight is 339 g/mol. The molecule has 0 radical (unpaired) electrons. The summed E-state index contributed by atoms with van der Waals surface area (Å²) in [6.07, 6.45) is 1.11. The van der Waals surface area contributed by atoms with Crippen molar-refractivity contribution in [3.05, 3.63) is 59.2 Å². The van der Waals surface area contributed by atoms with Crippen LogP contribution >= 0.6 is 0 Å². The van der Waals surface area contributed by atoms with Gasteiger partial charge >= 0.3 is 0 Å². The quantitative estimate of drug-likeness (QED) is 0.708. The fourth-order valence-corrected chi connectivity index (χ4v) is 2.71. The van der Waals surface area contributed by atoms with Gasteiger partial charge in [-0.1, -0.05) is 52.0 Å². The first-order valence-corrected chi connectivity index (χ1v) is 9.03. The van der Waals surface area contributed by atoms with E-state index in [1.54, 1.807) is 0 Å². The Labute approximate surface area is 151 Å². The Morgan fingerprint density at radius 3 is 2.36 bits per heavy atom. The number of carbonyl (C=O) groups is 1. The van der Waals surface area contributed by atoms with E-state index in [9.17, 15) is 4.79 Å². The topological polar surface area (TPSA) is 38.3 Å². The summed E-state index contributed by atoms with van der Waals surface area (Å²) in [7, 11) is 0. The van der Waals surface area contributed by atoms with Gasteiger partial charge in [-0.05, 0) is 60.1 Å². The molecule has 0 heterocycles. The van der Waals surface area contributed by atoms with Crippen LogP contribution in [0.1, 0.15) is 62.6 Å². The molecule has 0 unspecified atom stereocenters. The molecular weight excluding hydrogens is 310 g/mol. The monoisotopic (exact) mass is 339 g/mol. The first kappa shape index (κ1) is 19.0. The summed E-state index contributed by atoms with van der Waals surface area (Å²) in [5.74, 6) is 1.53. The standard InChI is InChI=1S/C22H29NO2/c1-6-17(5)18-8-10-19(11-9-18)23-22(24)14-25-21-13-16(4)7-12-20(21)15(2)3/h7-13,15,17H,6,14H2,1-5H3,(H,23,24)/t17-/m1/s1. The van der Waals surface area contributed by atoms with E-state index in [2.05, 4.69) is 57.3 Å². The van der Waals surface area contributed by atoms with Gasteiger partial charge in [-0.2, -0.15) is 0 Å². The molecule has 0 aliphatic carbocycles. The van der Waals surface area contributed by atoms with Gasteiger partial charge in [0, 0.05) is 5.69 Å². The van der Waals surface area contributed by atoms with Crippen molar-refractivity contribution in [3.8, 4) is 5.75 Å². The Bertz CT molecular complexity index is 704. The van der Waals surface area contributed by atoms with Crippen molar-refractivity contribution < 1.29 is 9.53 Å². The Morgan fingerprint density at radius 1 is 1.08 bits per heavy atom. The molecule has 0 bridgehead atoms. The van der Waals surface area contributed by atoms with Crippen LogP contribution < -0.4 is 10.1 Å². The Hall–Kier alpha value is -2.29. The van der Waals surface area contributed by atoms with Crippen LogP contribution in [-0.4, -0.2) is 12.5 Å². The molecule has 0 aliphatic heterocycles. The van der Waals surface area contributed by atoms with Crippen LogP contribution in [0.3, 0.4) is 0 Å². The lowest BCUT2D eigenvalue weighted by Gasteiger charge is -2.15. The van der Waals surface area contributed by atoms with Crippen molar-refractivity contribution in [2.75, 3.05) is 11.9 Å². The molecule has 0 fully saturated rings. The molecule has 1 N–H and O–H groups in total. The van der Waals surface area contributed by atoms with E-state index >= 15 is 0 Å². The lowest BCUT2D eigenvalue weighted by Crippen LogP contribution is -2.20. The van der Waals surface area contributed by atoms with Crippen LogP contribution in [0, 0.1) is 6.92 Å². The second kappa shape index (κ2) is 8.70. The van der Waals surface area contributed by atoms with Gasteiger partial charge in [-0.25, -0.2) is 0 Å². The number of rotatable bonds is 7. The zero-order chi connectivity index (χ0) is 18.4. The van der Waals surface area contributed by atoms with Gasteiger partial charge in [0.15, 0.2) is 6.61 Å². The number of amides is 1. The molecule has 0 spiro atoms. The predicted molar refractivity (Wildman–Crippen MR) is 105 cm³/mol. The largest absolute Gasteiger partial charge is 0.483 e. The minimum Gasteiger partial charge on any atom is -0.483 e. The molecule has 0 aromatic heterocycles.